The molecule has 13 heavy (non-hydrogen) atoms. The molecule has 0 aliphatic heterocycles. The zero-order valence-corrected chi connectivity index (χ0v) is 8.56. The van der Waals surface area contributed by atoms with E-state index >= 15 is 0 Å². The molecule has 3 nitrogen and oxygen atoms in total. The molecule has 0 N–H and O–H groups in total. The molecule has 0 spiro atoms. The quantitative estimate of drug-likeness (QED) is 0.713. The van der Waals surface area contributed by atoms with Crippen molar-refractivity contribution in [3.63, 3.8) is 0 Å². The fourth-order valence-electron chi connectivity index (χ4n) is 0.939. The van der Waals surface area contributed by atoms with Gasteiger partial charge in [-0.25, -0.2) is 4.98 Å². The van der Waals surface area contributed by atoms with Gasteiger partial charge in [-0.1, -0.05) is 29.3 Å². The predicted octanol–water partition coefficient (Wildman–Crippen LogP) is 2.04. The van der Waals surface area contributed by atoms with Gasteiger partial charge < -0.3 is 4.57 Å². The normalized spacial score (nSPS) is 10.1. The lowest BCUT2D eigenvalue weighted by atomic mass is 10.4. The summed E-state index contributed by atoms with van der Waals surface area (Å²) in [5.41, 5.74) is 0.249. The predicted molar refractivity (Wildman–Crippen MR) is 53.5 cm³/mol. The van der Waals surface area contributed by atoms with Crippen molar-refractivity contribution in [1.82, 2.24) is 9.55 Å². The Morgan fingerprint density at radius 3 is 2.69 bits per heavy atom. The molecule has 0 saturated heterocycles. The number of allylic oxidation sites excluding steroid dienone is 1. The maximum absolute atomic E-state index is 11.4. The number of halogens is 2. The van der Waals surface area contributed by atoms with Gasteiger partial charge in [-0.05, 0) is 6.92 Å². The van der Waals surface area contributed by atoms with Gasteiger partial charge in [0.15, 0.2) is 5.15 Å². The molecule has 0 bridgehead atoms. The molecule has 0 unspecified atom stereocenters. The fourth-order valence-corrected chi connectivity index (χ4v) is 1.36. The van der Waals surface area contributed by atoms with Crippen LogP contribution in [-0.2, 0) is 6.54 Å². The largest absolute Gasteiger partial charge is 0.303 e. The van der Waals surface area contributed by atoms with Gasteiger partial charge in [-0.3, -0.25) is 4.79 Å². The Bertz CT molecular complexity index is 398. The van der Waals surface area contributed by atoms with Gasteiger partial charge in [0.2, 0.25) is 0 Å². The van der Waals surface area contributed by atoms with E-state index in [1.807, 2.05) is 0 Å². The summed E-state index contributed by atoms with van der Waals surface area (Å²) in [5, 5.41) is 0.129. The van der Waals surface area contributed by atoms with Crippen LogP contribution < -0.4 is 5.56 Å². The van der Waals surface area contributed by atoms with E-state index < -0.39 is 0 Å². The van der Waals surface area contributed by atoms with Crippen molar-refractivity contribution in [3.8, 4) is 0 Å². The Morgan fingerprint density at radius 2 is 2.15 bits per heavy atom. The van der Waals surface area contributed by atoms with Crippen molar-refractivity contribution in [2.45, 2.75) is 13.5 Å². The maximum Gasteiger partial charge on any atom is 0.288 e. The van der Waals surface area contributed by atoms with Gasteiger partial charge in [0.25, 0.3) is 5.56 Å². The van der Waals surface area contributed by atoms with E-state index in [9.17, 15) is 4.79 Å². The van der Waals surface area contributed by atoms with Crippen molar-refractivity contribution in [2.24, 2.45) is 0 Å². The third-order valence-electron chi connectivity index (χ3n) is 1.63. The van der Waals surface area contributed by atoms with E-state index in [-0.39, 0.29) is 15.9 Å². The maximum atomic E-state index is 11.4. The van der Waals surface area contributed by atoms with E-state index in [0.29, 0.717) is 12.2 Å². The second-order valence-corrected chi connectivity index (χ2v) is 3.20. The molecule has 0 fully saturated rings. The summed E-state index contributed by atoms with van der Waals surface area (Å²) in [6, 6.07) is 0. The topological polar surface area (TPSA) is 34.9 Å². The first kappa shape index (κ1) is 10.3. The molecular weight excluding hydrogens is 211 g/mol. The van der Waals surface area contributed by atoms with Crippen LogP contribution in [0, 0.1) is 6.92 Å². The molecule has 0 radical (unpaired) electrons. The zero-order chi connectivity index (χ0) is 10.0. The smallest absolute Gasteiger partial charge is 0.288 e. The highest BCUT2D eigenvalue weighted by atomic mass is 35.5. The van der Waals surface area contributed by atoms with Crippen LogP contribution in [0.5, 0.6) is 0 Å². The highest BCUT2D eigenvalue weighted by Gasteiger charge is 2.08. The minimum absolute atomic E-state index is 0.113. The van der Waals surface area contributed by atoms with Gasteiger partial charge in [-0.15, -0.1) is 6.58 Å². The van der Waals surface area contributed by atoms with Crippen LogP contribution >= 0.6 is 23.2 Å². The van der Waals surface area contributed by atoms with Crippen molar-refractivity contribution in [1.29, 1.82) is 0 Å². The summed E-state index contributed by atoms with van der Waals surface area (Å²) in [4.78, 5) is 15.1. The molecule has 1 aromatic heterocycles. The van der Waals surface area contributed by atoms with Gasteiger partial charge in [0.05, 0.1) is 5.69 Å². The molecule has 0 aliphatic rings. The van der Waals surface area contributed by atoms with E-state index in [1.165, 1.54) is 4.57 Å². The molecule has 0 amide bonds. The summed E-state index contributed by atoms with van der Waals surface area (Å²) < 4.78 is 1.42. The summed E-state index contributed by atoms with van der Waals surface area (Å²) in [5.74, 6) is 0. The standard InChI is InChI=1S/C8H8Cl2N2O/c1-3-4-12-5(2)6(9)11-7(10)8(12)13/h3H,1,4H2,2H3. The summed E-state index contributed by atoms with van der Waals surface area (Å²) in [7, 11) is 0. The molecule has 1 rings (SSSR count). The molecule has 1 heterocycles. The van der Waals surface area contributed by atoms with Crippen LogP contribution in [0.2, 0.25) is 10.3 Å². The van der Waals surface area contributed by atoms with Gasteiger partial charge >= 0.3 is 0 Å². The van der Waals surface area contributed by atoms with Crippen LogP contribution in [0.4, 0.5) is 0 Å². The van der Waals surface area contributed by atoms with Gasteiger partial charge in [0.1, 0.15) is 5.15 Å². The summed E-state index contributed by atoms with van der Waals surface area (Å²) in [6.45, 7) is 5.62. The number of hydrogen-bond donors (Lipinski definition) is 0. The second kappa shape index (κ2) is 3.94. The van der Waals surface area contributed by atoms with Crippen LogP contribution in [0.25, 0.3) is 0 Å². The Morgan fingerprint density at radius 1 is 1.54 bits per heavy atom. The minimum atomic E-state index is -0.344. The fraction of sp³-hybridized carbons (Fsp3) is 0.250. The lowest BCUT2D eigenvalue weighted by Crippen LogP contribution is -2.23. The Kier molecular flexibility index (Phi) is 3.12. The molecule has 0 aromatic carbocycles. The minimum Gasteiger partial charge on any atom is -0.303 e. The van der Waals surface area contributed by atoms with E-state index in [4.69, 9.17) is 23.2 Å². The Labute approximate surface area is 85.6 Å². The van der Waals surface area contributed by atoms with Crippen molar-refractivity contribution in [2.75, 3.05) is 0 Å². The third kappa shape index (κ3) is 1.92. The highest BCUT2D eigenvalue weighted by Crippen LogP contribution is 2.11. The zero-order valence-electron chi connectivity index (χ0n) is 7.05. The molecule has 5 heteroatoms. The molecule has 0 atom stereocenters. The number of rotatable bonds is 2. The molecule has 1 aromatic rings. The third-order valence-corrected chi connectivity index (χ3v) is 2.24. The van der Waals surface area contributed by atoms with E-state index in [2.05, 4.69) is 11.6 Å². The number of hydrogen-bond acceptors (Lipinski definition) is 2. The highest BCUT2D eigenvalue weighted by molar-refractivity contribution is 6.32. The van der Waals surface area contributed by atoms with Crippen molar-refractivity contribution < 1.29 is 0 Å². The molecule has 70 valence electrons. The van der Waals surface area contributed by atoms with Crippen LogP contribution in [0.15, 0.2) is 17.4 Å². The van der Waals surface area contributed by atoms with E-state index in [1.54, 1.807) is 13.0 Å². The lowest BCUT2D eigenvalue weighted by molar-refractivity contribution is 0.735. The number of aromatic nitrogens is 2. The van der Waals surface area contributed by atoms with Crippen molar-refractivity contribution >= 4 is 23.2 Å². The Hall–Kier alpha value is -0.800. The average Bonchev–Trinajstić information content (AvgIpc) is 2.09. The lowest BCUT2D eigenvalue weighted by Gasteiger charge is -2.07. The molecule has 0 aliphatic carbocycles. The first-order valence-corrected chi connectivity index (χ1v) is 4.37. The Balaban J connectivity index is 3.46. The molecule has 0 saturated carbocycles. The average molecular weight is 219 g/mol. The first-order chi connectivity index (χ1) is 6.07. The summed E-state index contributed by atoms with van der Waals surface area (Å²) in [6.07, 6.45) is 1.60. The SMILES string of the molecule is C=CCn1c(C)c(Cl)nc(Cl)c1=O. The first-order valence-electron chi connectivity index (χ1n) is 3.61. The van der Waals surface area contributed by atoms with Crippen LogP contribution in [-0.4, -0.2) is 9.55 Å². The van der Waals surface area contributed by atoms with Gasteiger partial charge in [0, 0.05) is 6.54 Å². The molecular formula is C8H8Cl2N2O. The van der Waals surface area contributed by atoms with Crippen LogP contribution in [0.3, 0.4) is 0 Å². The second-order valence-electron chi connectivity index (χ2n) is 2.48. The van der Waals surface area contributed by atoms with Gasteiger partial charge in [-0.2, -0.15) is 0 Å². The number of nitrogens with zero attached hydrogens (tertiary/aromatic N) is 2. The summed E-state index contributed by atoms with van der Waals surface area (Å²) >= 11 is 11.3. The van der Waals surface area contributed by atoms with E-state index in [0.717, 1.165) is 0 Å². The van der Waals surface area contributed by atoms with Crippen LogP contribution in [0.1, 0.15) is 5.69 Å². The monoisotopic (exact) mass is 218 g/mol. The van der Waals surface area contributed by atoms with Crippen molar-refractivity contribution in [3.05, 3.63) is 39.0 Å².